The highest BCUT2D eigenvalue weighted by Crippen LogP contribution is 2.24. The second-order valence-corrected chi connectivity index (χ2v) is 4.51. The first kappa shape index (κ1) is 14.7. The van der Waals surface area contributed by atoms with E-state index >= 15 is 0 Å². The molecule has 1 unspecified atom stereocenters. The Morgan fingerprint density at radius 1 is 1.56 bits per heavy atom. The second kappa shape index (κ2) is 7.14. The summed E-state index contributed by atoms with van der Waals surface area (Å²) < 4.78 is 10.1. The smallest absolute Gasteiger partial charge is 0.265 e. The topological polar surface area (TPSA) is 98.5 Å². The second-order valence-electron chi connectivity index (χ2n) is 3.51. The van der Waals surface area contributed by atoms with E-state index in [9.17, 15) is 4.79 Å². The van der Waals surface area contributed by atoms with Gasteiger partial charge in [-0.25, -0.2) is 4.98 Å². The molecule has 7 nitrogen and oxygen atoms in total. The third-order valence-corrected chi connectivity index (χ3v) is 3.34. The van der Waals surface area contributed by atoms with Crippen LogP contribution in [-0.2, 0) is 9.47 Å². The van der Waals surface area contributed by atoms with Crippen molar-refractivity contribution >= 4 is 28.2 Å². The van der Waals surface area contributed by atoms with Gasteiger partial charge < -0.3 is 25.8 Å². The monoisotopic (exact) mass is 274 g/mol. The molecule has 102 valence electrons. The average molecular weight is 274 g/mol. The largest absolute Gasteiger partial charge is 0.382 e. The summed E-state index contributed by atoms with van der Waals surface area (Å²) in [6, 6.07) is 0. The maximum Gasteiger partial charge on any atom is 0.265 e. The molecular weight excluding hydrogens is 256 g/mol. The first-order valence-electron chi connectivity index (χ1n) is 5.36. The van der Waals surface area contributed by atoms with Crippen molar-refractivity contribution < 1.29 is 14.3 Å². The molecule has 0 radical (unpaired) electrons. The summed E-state index contributed by atoms with van der Waals surface area (Å²) in [6.07, 6.45) is -0.183. The van der Waals surface area contributed by atoms with Crippen LogP contribution in [0.2, 0.25) is 0 Å². The molecule has 8 heteroatoms. The van der Waals surface area contributed by atoms with E-state index in [1.54, 1.807) is 21.3 Å². The third kappa shape index (κ3) is 3.83. The van der Waals surface area contributed by atoms with Crippen LogP contribution in [0.1, 0.15) is 9.67 Å². The van der Waals surface area contributed by atoms with Gasteiger partial charge in [0.05, 0.1) is 12.7 Å². The molecule has 1 atom stereocenters. The summed E-state index contributed by atoms with van der Waals surface area (Å²) in [7, 11) is 4.86. The third-order valence-electron chi connectivity index (χ3n) is 2.25. The van der Waals surface area contributed by atoms with Crippen LogP contribution in [0.15, 0.2) is 0 Å². The SMILES string of the molecule is CNc1nc(N)c(C(=O)NCC(COC)OC)s1. The molecule has 0 saturated heterocycles. The normalized spacial score (nSPS) is 12.2. The minimum absolute atomic E-state index is 0.183. The highest BCUT2D eigenvalue weighted by molar-refractivity contribution is 7.18. The van der Waals surface area contributed by atoms with Gasteiger partial charge in [-0.2, -0.15) is 0 Å². The molecule has 0 saturated carbocycles. The molecule has 1 aromatic heterocycles. The first-order valence-corrected chi connectivity index (χ1v) is 6.18. The number of nitrogens with one attached hydrogen (secondary N) is 2. The summed E-state index contributed by atoms with van der Waals surface area (Å²) >= 11 is 1.21. The van der Waals surface area contributed by atoms with Gasteiger partial charge in [-0.3, -0.25) is 4.79 Å². The fourth-order valence-corrected chi connectivity index (χ4v) is 2.04. The zero-order chi connectivity index (χ0) is 13.5. The molecule has 1 rings (SSSR count). The molecular formula is C10H18N4O3S. The van der Waals surface area contributed by atoms with Crippen molar-refractivity contribution in [1.82, 2.24) is 10.3 Å². The van der Waals surface area contributed by atoms with Gasteiger partial charge >= 0.3 is 0 Å². The van der Waals surface area contributed by atoms with Crippen LogP contribution in [-0.4, -0.2) is 51.4 Å². The maximum absolute atomic E-state index is 11.9. The summed E-state index contributed by atoms with van der Waals surface area (Å²) in [5, 5.41) is 6.18. The fourth-order valence-electron chi connectivity index (χ4n) is 1.28. The molecule has 18 heavy (non-hydrogen) atoms. The van der Waals surface area contributed by atoms with Gasteiger partial charge in [0, 0.05) is 27.8 Å². The van der Waals surface area contributed by atoms with E-state index in [-0.39, 0.29) is 17.8 Å². The Balaban J connectivity index is 2.56. The number of aromatic nitrogens is 1. The van der Waals surface area contributed by atoms with Crippen LogP contribution >= 0.6 is 11.3 Å². The van der Waals surface area contributed by atoms with E-state index in [1.165, 1.54) is 11.3 Å². The predicted octanol–water partition coefficient (Wildman–Crippen LogP) is 0.158. The number of nitrogens with two attached hydrogens (primary N) is 1. The van der Waals surface area contributed by atoms with Gasteiger partial charge in [-0.15, -0.1) is 0 Å². The molecule has 1 amide bonds. The number of anilines is 2. The molecule has 0 spiro atoms. The minimum Gasteiger partial charge on any atom is -0.382 e. The number of carbonyl (C=O) groups is 1. The summed E-state index contributed by atoms with van der Waals surface area (Å²) in [6.45, 7) is 0.770. The van der Waals surface area contributed by atoms with Crippen LogP contribution in [0.4, 0.5) is 10.9 Å². The molecule has 0 aliphatic heterocycles. The number of hydrogen-bond donors (Lipinski definition) is 3. The Kier molecular flexibility index (Phi) is 5.83. The van der Waals surface area contributed by atoms with E-state index < -0.39 is 0 Å². The van der Waals surface area contributed by atoms with Gasteiger partial charge in [0.15, 0.2) is 5.13 Å². The number of rotatable bonds is 7. The van der Waals surface area contributed by atoms with Crippen LogP contribution in [0.25, 0.3) is 0 Å². The van der Waals surface area contributed by atoms with Crippen molar-refractivity contribution in [2.75, 3.05) is 45.5 Å². The van der Waals surface area contributed by atoms with Gasteiger partial charge in [0.25, 0.3) is 5.91 Å². The number of methoxy groups -OCH3 is 2. The Morgan fingerprint density at radius 3 is 2.78 bits per heavy atom. The van der Waals surface area contributed by atoms with Crippen molar-refractivity contribution in [3.8, 4) is 0 Å². The number of nitrogen functional groups attached to an aromatic ring is 1. The van der Waals surface area contributed by atoms with Gasteiger partial charge in [0.2, 0.25) is 0 Å². The molecule has 0 aromatic carbocycles. The van der Waals surface area contributed by atoms with Crippen molar-refractivity contribution in [2.24, 2.45) is 0 Å². The van der Waals surface area contributed by atoms with E-state index in [2.05, 4.69) is 15.6 Å². The molecule has 1 heterocycles. The van der Waals surface area contributed by atoms with Crippen molar-refractivity contribution in [2.45, 2.75) is 6.10 Å². The summed E-state index contributed by atoms with van der Waals surface area (Å²) in [5.74, 6) is -0.0350. The number of thiazole rings is 1. The van der Waals surface area contributed by atoms with Gasteiger partial charge in [-0.1, -0.05) is 11.3 Å². The number of amides is 1. The number of nitrogens with zero attached hydrogens (tertiary/aromatic N) is 1. The molecule has 0 aliphatic rings. The minimum atomic E-state index is -0.260. The van der Waals surface area contributed by atoms with Crippen LogP contribution in [0, 0.1) is 0 Å². The molecule has 0 fully saturated rings. The summed E-state index contributed by atoms with van der Waals surface area (Å²) in [4.78, 5) is 16.3. The maximum atomic E-state index is 11.9. The average Bonchev–Trinajstić information content (AvgIpc) is 2.75. The van der Waals surface area contributed by atoms with E-state index in [0.29, 0.717) is 23.2 Å². The Morgan fingerprint density at radius 2 is 2.28 bits per heavy atom. The zero-order valence-corrected chi connectivity index (χ0v) is 11.5. The molecule has 0 bridgehead atoms. The van der Waals surface area contributed by atoms with Crippen LogP contribution in [0.3, 0.4) is 0 Å². The predicted molar refractivity (Wildman–Crippen MR) is 71.1 cm³/mol. The highest BCUT2D eigenvalue weighted by atomic mass is 32.1. The van der Waals surface area contributed by atoms with E-state index in [4.69, 9.17) is 15.2 Å². The quantitative estimate of drug-likeness (QED) is 0.655. The van der Waals surface area contributed by atoms with Crippen molar-refractivity contribution in [3.05, 3.63) is 4.88 Å². The molecule has 4 N–H and O–H groups in total. The molecule has 1 aromatic rings. The lowest BCUT2D eigenvalue weighted by Gasteiger charge is -2.14. The van der Waals surface area contributed by atoms with Crippen LogP contribution < -0.4 is 16.4 Å². The van der Waals surface area contributed by atoms with Gasteiger partial charge in [-0.05, 0) is 0 Å². The van der Waals surface area contributed by atoms with E-state index in [1.807, 2.05) is 0 Å². The lowest BCUT2D eigenvalue weighted by Crippen LogP contribution is -2.35. The van der Waals surface area contributed by atoms with Crippen LogP contribution in [0.5, 0.6) is 0 Å². The standard InChI is InChI=1S/C10H18N4O3S/c1-12-10-14-8(11)7(18-10)9(15)13-4-6(17-3)5-16-2/h6H,4-5,11H2,1-3H3,(H,12,14)(H,13,15). The number of carbonyl (C=O) groups excluding carboxylic acids is 1. The number of ether oxygens (including phenoxy) is 2. The Labute approximate surface area is 110 Å². The van der Waals surface area contributed by atoms with Crippen molar-refractivity contribution in [3.63, 3.8) is 0 Å². The lowest BCUT2D eigenvalue weighted by atomic mass is 10.3. The summed E-state index contributed by atoms with van der Waals surface area (Å²) in [5.41, 5.74) is 5.66. The van der Waals surface area contributed by atoms with E-state index in [0.717, 1.165) is 0 Å². The fraction of sp³-hybridized carbons (Fsp3) is 0.600. The zero-order valence-electron chi connectivity index (χ0n) is 10.6. The Hall–Kier alpha value is -1.38. The highest BCUT2D eigenvalue weighted by Gasteiger charge is 2.17. The number of hydrogen-bond acceptors (Lipinski definition) is 7. The molecule has 0 aliphatic carbocycles. The Bertz CT molecular complexity index is 396. The van der Waals surface area contributed by atoms with Gasteiger partial charge in [0.1, 0.15) is 10.7 Å². The van der Waals surface area contributed by atoms with Crippen molar-refractivity contribution in [1.29, 1.82) is 0 Å². The lowest BCUT2D eigenvalue weighted by molar-refractivity contribution is 0.0286. The first-order chi connectivity index (χ1) is 8.62.